The molecular formula is C17H25N3O. The van der Waals surface area contributed by atoms with Gasteiger partial charge >= 0.3 is 0 Å². The van der Waals surface area contributed by atoms with Crippen LogP contribution in [-0.2, 0) is 19.4 Å². The van der Waals surface area contributed by atoms with E-state index >= 15 is 0 Å². The predicted molar refractivity (Wildman–Crippen MR) is 85.5 cm³/mol. The highest BCUT2D eigenvalue weighted by atomic mass is 16.5. The minimum atomic E-state index is -0.0596. The Morgan fingerprint density at radius 2 is 1.86 bits per heavy atom. The highest BCUT2D eigenvalue weighted by Crippen LogP contribution is 2.18. The van der Waals surface area contributed by atoms with Gasteiger partial charge in [0.25, 0.3) is 0 Å². The third kappa shape index (κ3) is 3.85. The number of rotatable bonds is 7. The maximum absolute atomic E-state index is 6.32. The van der Waals surface area contributed by atoms with E-state index in [9.17, 15) is 0 Å². The molecular weight excluding hydrogens is 262 g/mol. The largest absolute Gasteiger partial charge is 0.494 e. The van der Waals surface area contributed by atoms with E-state index in [1.165, 1.54) is 5.69 Å². The number of hydrogen-bond acceptors (Lipinski definition) is 3. The summed E-state index contributed by atoms with van der Waals surface area (Å²) >= 11 is 0. The van der Waals surface area contributed by atoms with Gasteiger partial charge in [-0.05, 0) is 43.5 Å². The SMILES string of the molecule is CCOc1ccc(C(N)Cn2nc(CC)cc2CC)cc1. The lowest BCUT2D eigenvalue weighted by Gasteiger charge is -2.14. The molecule has 1 atom stereocenters. The quantitative estimate of drug-likeness (QED) is 0.851. The normalized spacial score (nSPS) is 12.4. The third-order valence-electron chi connectivity index (χ3n) is 3.63. The molecule has 0 saturated heterocycles. The van der Waals surface area contributed by atoms with Crippen molar-refractivity contribution in [2.24, 2.45) is 5.73 Å². The van der Waals surface area contributed by atoms with Crippen molar-refractivity contribution in [1.29, 1.82) is 0 Å². The standard InChI is InChI=1S/C17H25N3O/c1-4-14-11-15(5-2)20(19-14)12-17(18)13-7-9-16(10-8-13)21-6-3/h7-11,17H,4-6,12,18H2,1-3H3. The molecule has 4 nitrogen and oxygen atoms in total. The minimum absolute atomic E-state index is 0.0596. The van der Waals surface area contributed by atoms with Crippen LogP contribution in [0.5, 0.6) is 5.75 Å². The summed E-state index contributed by atoms with van der Waals surface area (Å²) in [4.78, 5) is 0. The Kier molecular flexibility index (Phi) is 5.39. The lowest BCUT2D eigenvalue weighted by Crippen LogP contribution is -2.19. The first kappa shape index (κ1) is 15.6. The molecule has 114 valence electrons. The molecule has 0 aliphatic heterocycles. The van der Waals surface area contributed by atoms with Gasteiger partial charge in [0.05, 0.1) is 18.8 Å². The molecule has 2 aromatic rings. The number of nitrogens with zero attached hydrogens (tertiary/aromatic N) is 2. The van der Waals surface area contributed by atoms with E-state index in [4.69, 9.17) is 10.5 Å². The fraction of sp³-hybridized carbons (Fsp3) is 0.471. The molecule has 0 aliphatic carbocycles. The van der Waals surface area contributed by atoms with Crippen molar-refractivity contribution in [1.82, 2.24) is 9.78 Å². The van der Waals surface area contributed by atoms with Gasteiger partial charge in [-0.1, -0.05) is 26.0 Å². The molecule has 0 bridgehead atoms. The van der Waals surface area contributed by atoms with Crippen LogP contribution in [0, 0.1) is 0 Å². The van der Waals surface area contributed by atoms with E-state index in [2.05, 4.69) is 25.0 Å². The Balaban J connectivity index is 2.09. The molecule has 0 aliphatic rings. The van der Waals surface area contributed by atoms with Crippen LogP contribution in [0.4, 0.5) is 0 Å². The van der Waals surface area contributed by atoms with E-state index in [1.807, 2.05) is 35.9 Å². The summed E-state index contributed by atoms with van der Waals surface area (Å²) in [6.45, 7) is 7.64. The van der Waals surface area contributed by atoms with Gasteiger partial charge < -0.3 is 10.5 Å². The van der Waals surface area contributed by atoms with Crippen LogP contribution in [-0.4, -0.2) is 16.4 Å². The summed E-state index contributed by atoms with van der Waals surface area (Å²) in [7, 11) is 0. The predicted octanol–water partition coefficient (Wildman–Crippen LogP) is 3.11. The summed E-state index contributed by atoms with van der Waals surface area (Å²) in [5, 5.41) is 4.62. The zero-order valence-corrected chi connectivity index (χ0v) is 13.2. The summed E-state index contributed by atoms with van der Waals surface area (Å²) in [5.74, 6) is 0.884. The van der Waals surface area contributed by atoms with Crippen LogP contribution in [0.1, 0.15) is 43.8 Å². The molecule has 1 unspecified atom stereocenters. The summed E-state index contributed by atoms with van der Waals surface area (Å²) < 4.78 is 7.50. The highest BCUT2D eigenvalue weighted by molar-refractivity contribution is 5.29. The number of nitrogens with two attached hydrogens (primary N) is 1. The minimum Gasteiger partial charge on any atom is -0.494 e. The average Bonchev–Trinajstić information content (AvgIpc) is 2.90. The highest BCUT2D eigenvalue weighted by Gasteiger charge is 2.11. The molecule has 0 radical (unpaired) electrons. The number of benzene rings is 1. The lowest BCUT2D eigenvalue weighted by molar-refractivity contribution is 0.340. The first-order valence-electron chi connectivity index (χ1n) is 7.71. The smallest absolute Gasteiger partial charge is 0.119 e. The van der Waals surface area contributed by atoms with E-state index in [0.29, 0.717) is 13.2 Å². The van der Waals surface area contributed by atoms with Gasteiger partial charge in [-0.15, -0.1) is 0 Å². The zero-order chi connectivity index (χ0) is 15.2. The van der Waals surface area contributed by atoms with Gasteiger partial charge in [0.1, 0.15) is 5.75 Å². The van der Waals surface area contributed by atoms with Crippen LogP contribution in [0.15, 0.2) is 30.3 Å². The van der Waals surface area contributed by atoms with Gasteiger partial charge in [-0.25, -0.2) is 0 Å². The summed E-state index contributed by atoms with van der Waals surface area (Å²) in [6.07, 6.45) is 1.93. The third-order valence-corrected chi connectivity index (χ3v) is 3.63. The molecule has 4 heteroatoms. The van der Waals surface area contributed by atoms with Gasteiger partial charge in [0.2, 0.25) is 0 Å². The van der Waals surface area contributed by atoms with Crippen molar-refractivity contribution in [3.63, 3.8) is 0 Å². The molecule has 21 heavy (non-hydrogen) atoms. The zero-order valence-electron chi connectivity index (χ0n) is 13.2. The fourth-order valence-corrected chi connectivity index (χ4v) is 2.40. The van der Waals surface area contributed by atoms with Crippen LogP contribution < -0.4 is 10.5 Å². The number of ether oxygens (including phenoxy) is 1. The van der Waals surface area contributed by atoms with E-state index in [1.54, 1.807) is 0 Å². The Morgan fingerprint density at radius 1 is 1.14 bits per heavy atom. The molecule has 0 spiro atoms. The van der Waals surface area contributed by atoms with E-state index in [-0.39, 0.29) is 6.04 Å². The average molecular weight is 287 g/mol. The molecule has 0 amide bonds. The van der Waals surface area contributed by atoms with E-state index in [0.717, 1.165) is 29.8 Å². The number of hydrogen-bond donors (Lipinski definition) is 1. The number of aryl methyl sites for hydroxylation is 2. The van der Waals surface area contributed by atoms with Gasteiger partial charge in [0, 0.05) is 11.7 Å². The molecule has 1 aromatic carbocycles. The Labute approximate surface area is 126 Å². The second-order valence-electron chi connectivity index (χ2n) is 5.12. The Hall–Kier alpha value is -1.81. The van der Waals surface area contributed by atoms with Crippen molar-refractivity contribution in [2.45, 2.75) is 46.2 Å². The maximum atomic E-state index is 6.32. The van der Waals surface area contributed by atoms with Crippen molar-refractivity contribution in [3.05, 3.63) is 47.3 Å². The first-order valence-corrected chi connectivity index (χ1v) is 7.71. The van der Waals surface area contributed by atoms with Gasteiger partial charge in [-0.3, -0.25) is 4.68 Å². The molecule has 2 rings (SSSR count). The molecule has 0 saturated carbocycles. The van der Waals surface area contributed by atoms with Crippen molar-refractivity contribution in [3.8, 4) is 5.75 Å². The summed E-state index contributed by atoms with van der Waals surface area (Å²) in [6, 6.07) is 10.1. The molecule has 1 aromatic heterocycles. The number of aromatic nitrogens is 2. The van der Waals surface area contributed by atoms with Crippen LogP contribution >= 0.6 is 0 Å². The van der Waals surface area contributed by atoms with Crippen molar-refractivity contribution in [2.75, 3.05) is 6.61 Å². The Bertz CT molecular complexity index is 560. The van der Waals surface area contributed by atoms with Gasteiger partial charge in [-0.2, -0.15) is 5.10 Å². The first-order chi connectivity index (χ1) is 10.2. The van der Waals surface area contributed by atoms with Crippen molar-refractivity contribution < 1.29 is 4.74 Å². The van der Waals surface area contributed by atoms with Crippen LogP contribution in [0.2, 0.25) is 0 Å². The van der Waals surface area contributed by atoms with Crippen LogP contribution in [0.25, 0.3) is 0 Å². The maximum Gasteiger partial charge on any atom is 0.119 e. The van der Waals surface area contributed by atoms with Gasteiger partial charge in [0.15, 0.2) is 0 Å². The second kappa shape index (κ2) is 7.27. The summed E-state index contributed by atoms with van der Waals surface area (Å²) in [5.41, 5.74) is 9.80. The fourth-order valence-electron chi connectivity index (χ4n) is 2.40. The monoisotopic (exact) mass is 287 g/mol. The lowest BCUT2D eigenvalue weighted by atomic mass is 10.1. The topological polar surface area (TPSA) is 53.1 Å². The second-order valence-corrected chi connectivity index (χ2v) is 5.12. The molecule has 1 heterocycles. The molecule has 2 N–H and O–H groups in total. The van der Waals surface area contributed by atoms with E-state index < -0.39 is 0 Å². The van der Waals surface area contributed by atoms with Crippen LogP contribution in [0.3, 0.4) is 0 Å². The molecule has 0 fully saturated rings. The van der Waals surface area contributed by atoms with Crippen molar-refractivity contribution >= 4 is 0 Å². The Morgan fingerprint density at radius 3 is 2.43 bits per heavy atom.